The van der Waals surface area contributed by atoms with Crippen molar-refractivity contribution in [1.82, 2.24) is 14.9 Å². The van der Waals surface area contributed by atoms with Gasteiger partial charge in [-0.25, -0.2) is 9.97 Å². The van der Waals surface area contributed by atoms with Gasteiger partial charge in [0.1, 0.15) is 0 Å². The van der Waals surface area contributed by atoms with E-state index in [4.69, 9.17) is 5.73 Å². The van der Waals surface area contributed by atoms with E-state index in [1.54, 1.807) is 18.5 Å². The first kappa shape index (κ1) is 15.6. The number of benzene rings is 1. The summed E-state index contributed by atoms with van der Waals surface area (Å²) in [5.74, 6) is 1.03. The normalized spacial score (nSPS) is 21.2. The summed E-state index contributed by atoms with van der Waals surface area (Å²) in [6.07, 6.45) is 5.52. The van der Waals surface area contributed by atoms with Crippen molar-refractivity contribution in [1.29, 1.82) is 0 Å². The Morgan fingerprint density at radius 3 is 2.74 bits per heavy atom. The van der Waals surface area contributed by atoms with Gasteiger partial charge in [-0.2, -0.15) is 0 Å². The highest BCUT2D eigenvalue weighted by Crippen LogP contribution is 2.27. The van der Waals surface area contributed by atoms with Crippen molar-refractivity contribution in [2.45, 2.75) is 25.8 Å². The SMILES string of the molecule is C[C@@H]1CCCN(C(=O)c2ccccc2-c2ncccn2)[C@@H]1CN. The van der Waals surface area contributed by atoms with E-state index in [1.807, 2.05) is 29.2 Å². The van der Waals surface area contributed by atoms with Gasteiger partial charge in [-0.1, -0.05) is 25.1 Å². The van der Waals surface area contributed by atoms with E-state index in [0.717, 1.165) is 24.9 Å². The van der Waals surface area contributed by atoms with Gasteiger partial charge in [0.05, 0.1) is 5.56 Å². The molecule has 0 bridgehead atoms. The first-order valence-corrected chi connectivity index (χ1v) is 8.10. The zero-order valence-corrected chi connectivity index (χ0v) is 13.4. The average molecular weight is 310 g/mol. The molecule has 1 aromatic carbocycles. The Bertz CT molecular complexity index is 674. The molecule has 2 aromatic rings. The fourth-order valence-electron chi connectivity index (χ4n) is 3.32. The van der Waals surface area contributed by atoms with Crippen LogP contribution >= 0.6 is 0 Å². The topological polar surface area (TPSA) is 72.1 Å². The number of nitrogens with zero attached hydrogens (tertiary/aromatic N) is 3. The second-order valence-corrected chi connectivity index (χ2v) is 6.04. The van der Waals surface area contributed by atoms with Gasteiger partial charge in [0.15, 0.2) is 5.82 Å². The lowest BCUT2D eigenvalue weighted by molar-refractivity contribution is 0.0533. The Morgan fingerprint density at radius 1 is 1.26 bits per heavy atom. The minimum atomic E-state index is 0.0232. The van der Waals surface area contributed by atoms with E-state index in [-0.39, 0.29) is 11.9 Å². The summed E-state index contributed by atoms with van der Waals surface area (Å²) in [6.45, 7) is 3.43. The van der Waals surface area contributed by atoms with E-state index in [9.17, 15) is 4.79 Å². The van der Waals surface area contributed by atoms with Crippen molar-refractivity contribution in [2.24, 2.45) is 11.7 Å². The second-order valence-electron chi connectivity index (χ2n) is 6.04. The van der Waals surface area contributed by atoms with Gasteiger partial charge in [-0.05, 0) is 30.9 Å². The van der Waals surface area contributed by atoms with Crippen molar-refractivity contribution in [3.8, 4) is 11.4 Å². The Balaban J connectivity index is 1.97. The Labute approximate surface area is 136 Å². The average Bonchev–Trinajstić information content (AvgIpc) is 2.61. The molecule has 0 radical (unpaired) electrons. The lowest BCUT2D eigenvalue weighted by Gasteiger charge is -2.39. The first-order chi connectivity index (χ1) is 11.2. The third-order valence-electron chi connectivity index (χ3n) is 4.58. The molecular formula is C18H22N4O. The fraction of sp³-hybridized carbons (Fsp3) is 0.389. The van der Waals surface area contributed by atoms with E-state index in [1.165, 1.54) is 0 Å². The fourth-order valence-corrected chi connectivity index (χ4v) is 3.32. The molecular weight excluding hydrogens is 288 g/mol. The van der Waals surface area contributed by atoms with Crippen LogP contribution in [0.25, 0.3) is 11.4 Å². The van der Waals surface area contributed by atoms with Gasteiger partial charge in [0, 0.05) is 37.1 Å². The third kappa shape index (κ3) is 3.10. The Kier molecular flexibility index (Phi) is 4.67. The molecule has 0 aliphatic carbocycles. The highest BCUT2D eigenvalue weighted by Gasteiger charge is 2.32. The van der Waals surface area contributed by atoms with Crippen LogP contribution in [-0.2, 0) is 0 Å². The summed E-state index contributed by atoms with van der Waals surface area (Å²) in [5.41, 5.74) is 7.35. The van der Waals surface area contributed by atoms with Gasteiger partial charge in [-0.3, -0.25) is 4.79 Å². The van der Waals surface area contributed by atoms with Crippen LogP contribution in [-0.4, -0.2) is 39.9 Å². The molecule has 120 valence electrons. The number of amides is 1. The molecule has 2 heterocycles. The van der Waals surface area contributed by atoms with Gasteiger partial charge in [0.2, 0.25) is 0 Å². The second kappa shape index (κ2) is 6.87. The molecule has 1 aliphatic rings. The smallest absolute Gasteiger partial charge is 0.254 e. The maximum Gasteiger partial charge on any atom is 0.254 e. The molecule has 0 spiro atoms. The van der Waals surface area contributed by atoms with Crippen LogP contribution in [0.3, 0.4) is 0 Å². The minimum absolute atomic E-state index is 0.0232. The van der Waals surface area contributed by atoms with E-state index < -0.39 is 0 Å². The predicted molar refractivity (Wildman–Crippen MR) is 89.7 cm³/mol. The number of hydrogen-bond donors (Lipinski definition) is 1. The standard InChI is InChI=1S/C18H22N4O/c1-13-6-4-11-22(16(13)12-19)18(23)15-8-3-2-7-14(15)17-20-9-5-10-21-17/h2-3,5,7-10,13,16H,4,6,11-12,19H2,1H3/t13-,16-/m1/s1. The Hall–Kier alpha value is -2.27. The van der Waals surface area contributed by atoms with Gasteiger partial charge in [-0.15, -0.1) is 0 Å². The zero-order chi connectivity index (χ0) is 16.2. The summed E-state index contributed by atoms with van der Waals surface area (Å²) in [6, 6.07) is 9.39. The van der Waals surface area contributed by atoms with E-state index in [0.29, 0.717) is 23.9 Å². The number of piperidine rings is 1. The minimum Gasteiger partial charge on any atom is -0.334 e. The summed E-state index contributed by atoms with van der Waals surface area (Å²) >= 11 is 0. The molecule has 2 N–H and O–H groups in total. The number of aromatic nitrogens is 2. The maximum atomic E-state index is 13.1. The molecule has 1 saturated heterocycles. The van der Waals surface area contributed by atoms with Crippen molar-refractivity contribution in [3.05, 3.63) is 48.3 Å². The largest absolute Gasteiger partial charge is 0.334 e. The molecule has 3 rings (SSSR count). The zero-order valence-electron chi connectivity index (χ0n) is 13.4. The third-order valence-corrected chi connectivity index (χ3v) is 4.58. The van der Waals surface area contributed by atoms with Crippen LogP contribution in [0.4, 0.5) is 0 Å². The molecule has 23 heavy (non-hydrogen) atoms. The van der Waals surface area contributed by atoms with Crippen LogP contribution in [0.15, 0.2) is 42.7 Å². The lowest BCUT2D eigenvalue weighted by Crippen LogP contribution is -2.51. The number of carbonyl (C=O) groups is 1. The molecule has 1 amide bonds. The van der Waals surface area contributed by atoms with Gasteiger partial charge < -0.3 is 10.6 Å². The molecule has 5 nitrogen and oxygen atoms in total. The van der Waals surface area contributed by atoms with E-state index >= 15 is 0 Å². The molecule has 2 atom stereocenters. The van der Waals surface area contributed by atoms with Crippen LogP contribution in [0.5, 0.6) is 0 Å². The first-order valence-electron chi connectivity index (χ1n) is 8.10. The molecule has 1 fully saturated rings. The molecule has 0 saturated carbocycles. The van der Waals surface area contributed by atoms with Crippen molar-refractivity contribution < 1.29 is 4.79 Å². The Morgan fingerprint density at radius 2 is 2.00 bits per heavy atom. The van der Waals surface area contributed by atoms with E-state index in [2.05, 4.69) is 16.9 Å². The molecule has 1 aliphatic heterocycles. The van der Waals surface area contributed by atoms with Crippen LogP contribution in [0, 0.1) is 5.92 Å². The maximum absolute atomic E-state index is 13.1. The van der Waals surface area contributed by atoms with Crippen LogP contribution < -0.4 is 5.73 Å². The molecule has 0 unspecified atom stereocenters. The lowest BCUT2D eigenvalue weighted by atomic mass is 9.90. The van der Waals surface area contributed by atoms with Crippen molar-refractivity contribution >= 4 is 5.91 Å². The quantitative estimate of drug-likeness (QED) is 0.944. The number of carbonyl (C=O) groups excluding carboxylic acids is 1. The number of hydrogen-bond acceptors (Lipinski definition) is 4. The van der Waals surface area contributed by atoms with Crippen molar-refractivity contribution in [3.63, 3.8) is 0 Å². The number of rotatable bonds is 3. The number of nitrogens with two attached hydrogens (primary N) is 1. The van der Waals surface area contributed by atoms with Crippen LogP contribution in [0.1, 0.15) is 30.1 Å². The summed E-state index contributed by atoms with van der Waals surface area (Å²) in [5, 5.41) is 0. The van der Waals surface area contributed by atoms with Crippen molar-refractivity contribution in [2.75, 3.05) is 13.1 Å². The van der Waals surface area contributed by atoms with Crippen LogP contribution in [0.2, 0.25) is 0 Å². The number of likely N-dealkylation sites (tertiary alicyclic amines) is 1. The van der Waals surface area contributed by atoms with Gasteiger partial charge >= 0.3 is 0 Å². The molecule has 5 heteroatoms. The predicted octanol–water partition coefficient (Wildman–Crippen LogP) is 2.34. The monoisotopic (exact) mass is 310 g/mol. The highest BCUT2D eigenvalue weighted by molar-refractivity contribution is 6.00. The molecule has 1 aromatic heterocycles. The summed E-state index contributed by atoms with van der Waals surface area (Å²) in [7, 11) is 0. The summed E-state index contributed by atoms with van der Waals surface area (Å²) < 4.78 is 0. The van der Waals surface area contributed by atoms with Gasteiger partial charge in [0.25, 0.3) is 5.91 Å². The summed E-state index contributed by atoms with van der Waals surface area (Å²) in [4.78, 5) is 23.6. The highest BCUT2D eigenvalue weighted by atomic mass is 16.2.